The van der Waals surface area contributed by atoms with Gasteiger partial charge in [-0.2, -0.15) is 0 Å². The Hall–Kier alpha value is -3.93. The summed E-state index contributed by atoms with van der Waals surface area (Å²) >= 11 is 0. The number of nitrogens with one attached hydrogen (secondary N) is 1. The van der Waals surface area contributed by atoms with Crippen molar-refractivity contribution in [2.24, 2.45) is 0 Å². The molecular weight excluding hydrogens is 342 g/mol. The van der Waals surface area contributed by atoms with Crippen LogP contribution in [-0.2, 0) is 0 Å². The Morgan fingerprint density at radius 1 is 0.963 bits per heavy atom. The van der Waals surface area contributed by atoms with E-state index in [-0.39, 0.29) is 11.1 Å². The summed E-state index contributed by atoms with van der Waals surface area (Å²) in [6, 6.07) is 21.8. The summed E-state index contributed by atoms with van der Waals surface area (Å²) in [7, 11) is 0. The molecule has 0 amide bonds. The lowest BCUT2D eigenvalue weighted by molar-refractivity contribution is 0.0690. The number of benzene rings is 2. The Labute approximate surface area is 154 Å². The summed E-state index contributed by atoms with van der Waals surface area (Å²) in [5.74, 6) is -0.613. The SMILES string of the molecule is O=C(O)c1cc2c(cn1)c(=O)cc(Nc1ccccc1)n2-c1ccccc1. The molecule has 0 spiro atoms. The van der Waals surface area contributed by atoms with E-state index >= 15 is 0 Å². The number of nitrogens with zero attached hydrogens (tertiary/aromatic N) is 2. The molecule has 0 aliphatic carbocycles. The quantitative estimate of drug-likeness (QED) is 0.580. The van der Waals surface area contributed by atoms with Gasteiger partial charge in [0.05, 0.1) is 10.9 Å². The fraction of sp³-hybridized carbons (Fsp3) is 0. The number of pyridine rings is 2. The van der Waals surface area contributed by atoms with Gasteiger partial charge in [0.15, 0.2) is 5.43 Å². The first-order chi connectivity index (χ1) is 13.1. The molecule has 0 bridgehead atoms. The molecule has 2 aromatic carbocycles. The van der Waals surface area contributed by atoms with Crippen LogP contribution >= 0.6 is 0 Å². The van der Waals surface area contributed by atoms with Crippen LogP contribution in [0.4, 0.5) is 11.5 Å². The number of carbonyl (C=O) groups is 1. The molecular formula is C21H15N3O3. The normalized spacial score (nSPS) is 10.7. The highest BCUT2D eigenvalue weighted by Gasteiger charge is 2.14. The third-order valence-electron chi connectivity index (χ3n) is 4.18. The van der Waals surface area contributed by atoms with Crippen LogP contribution in [0.25, 0.3) is 16.6 Å². The van der Waals surface area contributed by atoms with E-state index in [0.717, 1.165) is 11.4 Å². The summed E-state index contributed by atoms with van der Waals surface area (Å²) in [6.45, 7) is 0. The van der Waals surface area contributed by atoms with Crippen LogP contribution in [-0.4, -0.2) is 20.6 Å². The van der Waals surface area contributed by atoms with E-state index < -0.39 is 5.97 Å². The number of hydrogen-bond acceptors (Lipinski definition) is 4. The van der Waals surface area contributed by atoms with E-state index in [1.54, 1.807) is 0 Å². The monoisotopic (exact) mass is 357 g/mol. The van der Waals surface area contributed by atoms with Crippen molar-refractivity contribution < 1.29 is 9.90 Å². The van der Waals surface area contributed by atoms with Crippen LogP contribution in [0.5, 0.6) is 0 Å². The molecule has 0 saturated carbocycles. The molecule has 0 fully saturated rings. The van der Waals surface area contributed by atoms with Gasteiger partial charge in [0.25, 0.3) is 0 Å². The van der Waals surface area contributed by atoms with E-state index in [0.29, 0.717) is 16.7 Å². The number of para-hydroxylation sites is 2. The summed E-state index contributed by atoms with van der Waals surface area (Å²) in [5.41, 5.74) is 1.72. The summed E-state index contributed by atoms with van der Waals surface area (Å²) in [6.07, 6.45) is 1.31. The summed E-state index contributed by atoms with van der Waals surface area (Å²) in [4.78, 5) is 27.9. The number of anilines is 2. The number of carboxylic acids is 1. The van der Waals surface area contributed by atoms with Crippen molar-refractivity contribution in [2.75, 3.05) is 5.32 Å². The highest BCUT2D eigenvalue weighted by Crippen LogP contribution is 2.25. The van der Waals surface area contributed by atoms with Crippen LogP contribution in [0, 0.1) is 0 Å². The minimum atomic E-state index is -1.15. The fourth-order valence-corrected chi connectivity index (χ4v) is 2.95. The maximum Gasteiger partial charge on any atom is 0.354 e. The van der Waals surface area contributed by atoms with Gasteiger partial charge in [-0.3, -0.25) is 9.36 Å². The average molecular weight is 357 g/mol. The lowest BCUT2D eigenvalue weighted by atomic mass is 10.2. The molecule has 4 aromatic rings. The maximum absolute atomic E-state index is 12.6. The fourth-order valence-electron chi connectivity index (χ4n) is 2.95. The van der Waals surface area contributed by atoms with Crippen LogP contribution in [0.15, 0.2) is 83.8 Å². The summed E-state index contributed by atoms with van der Waals surface area (Å²) in [5, 5.41) is 12.9. The molecule has 0 aliphatic rings. The van der Waals surface area contributed by atoms with E-state index in [9.17, 15) is 14.7 Å². The average Bonchev–Trinajstić information content (AvgIpc) is 2.69. The number of aromatic carboxylic acids is 1. The number of fused-ring (bicyclic) bond motifs is 1. The Kier molecular flexibility index (Phi) is 4.14. The van der Waals surface area contributed by atoms with Crippen molar-refractivity contribution in [3.63, 3.8) is 0 Å². The number of carboxylic acid groups (broad SMARTS) is 1. The van der Waals surface area contributed by atoms with E-state index in [1.807, 2.05) is 65.2 Å². The molecule has 0 atom stereocenters. The third kappa shape index (κ3) is 3.16. The topological polar surface area (TPSA) is 84.2 Å². The molecule has 6 heteroatoms. The number of aromatic nitrogens is 2. The van der Waals surface area contributed by atoms with Gasteiger partial charge in [0.1, 0.15) is 11.5 Å². The van der Waals surface area contributed by atoms with Gasteiger partial charge in [-0.1, -0.05) is 36.4 Å². The largest absolute Gasteiger partial charge is 0.477 e. The first-order valence-electron chi connectivity index (χ1n) is 8.30. The zero-order chi connectivity index (χ0) is 18.8. The minimum Gasteiger partial charge on any atom is -0.477 e. The first-order valence-corrected chi connectivity index (χ1v) is 8.30. The Morgan fingerprint density at radius 3 is 2.30 bits per heavy atom. The summed E-state index contributed by atoms with van der Waals surface area (Å²) < 4.78 is 1.82. The number of rotatable bonds is 4. The van der Waals surface area contributed by atoms with Crippen molar-refractivity contribution >= 4 is 28.4 Å². The van der Waals surface area contributed by atoms with Crippen LogP contribution in [0.1, 0.15) is 10.5 Å². The van der Waals surface area contributed by atoms with Crippen LogP contribution in [0.3, 0.4) is 0 Å². The maximum atomic E-state index is 12.6. The minimum absolute atomic E-state index is 0.122. The van der Waals surface area contributed by atoms with Gasteiger partial charge in [-0.15, -0.1) is 0 Å². The molecule has 0 unspecified atom stereocenters. The van der Waals surface area contributed by atoms with Gasteiger partial charge >= 0.3 is 5.97 Å². The highest BCUT2D eigenvalue weighted by molar-refractivity contribution is 5.92. The first kappa shape index (κ1) is 16.5. The van der Waals surface area contributed by atoms with Crippen LogP contribution < -0.4 is 10.7 Å². The predicted molar refractivity (Wildman–Crippen MR) is 104 cm³/mol. The zero-order valence-corrected chi connectivity index (χ0v) is 14.2. The van der Waals surface area contributed by atoms with E-state index in [2.05, 4.69) is 10.3 Å². The molecule has 132 valence electrons. The van der Waals surface area contributed by atoms with Crippen molar-refractivity contribution in [1.29, 1.82) is 0 Å². The second kappa shape index (κ2) is 6.76. The van der Waals surface area contributed by atoms with Gasteiger partial charge in [0, 0.05) is 23.6 Å². The van der Waals surface area contributed by atoms with Crippen molar-refractivity contribution in [3.05, 3.63) is 94.9 Å². The molecule has 2 aromatic heterocycles. The van der Waals surface area contributed by atoms with E-state index in [1.165, 1.54) is 18.3 Å². The smallest absolute Gasteiger partial charge is 0.354 e. The third-order valence-corrected chi connectivity index (χ3v) is 4.18. The van der Waals surface area contributed by atoms with Gasteiger partial charge in [0.2, 0.25) is 0 Å². The van der Waals surface area contributed by atoms with Gasteiger partial charge < -0.3 is 10.4 Å². The van der Waals surface area contributed by atoms with Crippen molar-refractivity contribution in [3.8, 4) is 5.69 Å². The molecule has 27 heavy (non-hydrogen) atoms. The molecule has 0 saturated heterocycles. The molecule has 6 nitrogen and oxygen atoms in total. The molecule has 2 N–H and O–H groups in total. The Balaban J connectivity index is 2.04. The van der Waals surface area contributed by atoms with Gasteiger partial charge in [-0.05, 0) is 30.3 Å². The second-order valence-electron chi connectivity index (χ2n) is 5.95. The Morgan fingerprint density at radius 2 is 1.63 bits per heavy atom. The molecule has 0 aliphatic heterocycles. The zero-order valence-electron chi connectivity index (χ0n) is 14.2. The second-order valence-corrected chi connectivity index (χ2v) is 5.95. The van der Waals surface area contributed by atoms with E-state index in [4.69, 9.17) is 0 Å². The molecule has 4 rings (SSSR count). The highest BCUT2D eigenvalue weighted by atomic mass is 16.4. The lowest BCUT2D eigenvalue weighted by Crippen LogP contribution is -2.14. The van der Waals surface area contributed by atoms with Crippen LogP contribution in [0.2, 0.25) is 0 Å². The Bertz CT molecular complexity index is 1190. The molecule has 2 heterocycles. The van der Waals surface area contributed by atoms with Crippen molar-refractivity contribution in [1.82, 2.24) is 9.55 Å². The number of hydrogen-bond donors (Lipinski definition) is 2. The standard InChI is InChI=1S/C21H15N3O3/c25-19-12-20(23-14-7-3-1-4-8-14)24(15-9-5-2-6-10-15)18-11-17(21(26)27)22-13-16(18)19/h1-13,23H,(H,26,27). The lowest BCUT2D eigenvalue weighted by Gasteiger charge is -2.18. The molecule has 0 radical (unpaired) electrons. The predicted octanol–water partition coefficient (Wildman–Crippen LogP) is 3.83. The van der Waals surface area contributed by atoms with Gasteiger partial charge in [-0.25, -0.2) is 9.78 Å². The van der Waals surface area contributed by atoms with Crippen molar-refractivity contribution in [2.45, 2.75) is 0 Å².